The Labute approximate surface area is 330 Å². The van der Waals surface area contributed by atoms with Gasteiger partial charge in [0.1, 0.15) is 5.52 Å². The van der Waals surface area contributed by atoms with Crippen LogP contribution in [-0.2, 0) is 0 Å². The molecule has 57 heavy (non-hydrogen) atoms. The fraction of sp³-hybridized carbons (Fsp3) is 0. The Morgan fingerprint density at radius 1 is 0.439 bits per heavy atom. The van der Waals surface area contributed by atoms with E-state index in [1.54, 1.807) is 0 Å². The fourth-order valence-electron chi connectivity index (χ4n) is 8.40. The monoisotopic (exact) mass is 729 g/mol. The van der Waals surface area contributed by atoms with Crippen LogP contribution in [0.2, 0.25) is 0 Å². The average molecular weight is 730 g/mol. The largest absolute Gasteiger partial charge is 0.435 e. The van der Waals surface area contributed by atoms with Gasteiger partial charge in [-0.2, -0.15) is 0 Å². The van der Waals surface area contributed by atoms with Gasteiger partial charge in [-0.15, -0.1) is 0 Å². The minimum atomic E-state index is 0.608. The van der Waals surface area contributed by atoms with Gasteiger partial charge in [-0.1, -0.05) is 140 Å². The Bertz CT molecular complexity index is 3220. The van der Waals surface area contributed by atoms with Gasteiger partial charge < -0.3 is 13.9 Å². The number of nitrogens with zero attached hydrogens (tertiary/aromatic N) is 3. The minimum absolute atomic E-state index is 0.608. The molecule has 0 bridgehead atoms. The third-order valence-electron chi connectivity index (χ3n) is 11.0. The summed E-state index contributed by atoms with van der Waals surface area (Å²) in [4.78, 5) is 7.31. The lowest BCUT2D eigenvalue weighted by atomic mass is 9.99. The van der Waals surface area contributed by atoms with Crippen molar-refractivity contribution in [2.24, 2.45) is 0 Å². The maximum absolute atomic E-state index is 6.61. The molecule has 4 nitrogen and oxygen atoms in total. The van der Waals surface area contributed by atoms with Crippen LogP contribution < -0.4 is 4.90 Å². The molecule has 0 aliphatic heterocycles. The van der Waals surface area contributed by atoms with Gasteiger partial charge in [0, 0.05) is 44.5 Å². The summed E-state index contributed by atoms with van der Waals surface area (Å²) in [6.07, 6.45) is 0. The van der Waals surface area contributed by atoms with E-state index in [2.05, 4.69) is 185 Å². The standard InChI is InChI=1S/C53H35N3O/c1-4-15-36(16-5-1)37-27-30-41(31-28-37)55(48-26-13-12-23-44(48)45-24-14-25-47-52(45)57-53(54-47)39-18-6-2-7-19-39)42-32-34-49-46(35-42)51-43-22-11-10-17-38(43)29-33-50(51)56(49)40-20-8-3-9-21-40/h1-35H. The zero-order chi connectivity index (χ0) is 37.7. The molecule has 4 heteroatoms. The maximum atomic E-state index is 6.61. The Balaban J connectivity index is 1.16. The van der Waals surface area contributed by atoms with Crippen molar-refractivity contribution in [3.63, 3.8) is 0 Å². The second-order valence-corrected chi connectivity index (χ2v) is 14.4. The number of para-hydroxylation sites is 3. The topological polar surface area (TPSA) is 34.2 Å². The Hall–Kier alpha value is -7.69. The van der Waals surface area contributed by atoms with E-state index in [9.17, 15) is 0 Å². The van der Waals surface area contributed by atoms with Gasteiger partial charge >= 0.3 is 0 Å². The van der Waals surface area contributed by atoms with E-state index in [-0.39, 0.29) is 0 Å². The minimum Gasteiger partial charge on any atom is -0.435 e. The molecule has 0 saturated carbocycles. The first-order valence-electron chi connectivity index (χ1n) is 19.3. The number of hydrogen-bond acceptors (Lipinski definition) is 3. The van der Waals surface area contributed by atoms with Crippen LogP contribution in [0.4, 0.5) is 17.1 Å². The Kier molecular flexibility index (Phi) is 7.78. The predicted molar refractivity (Wildman–Crippen MR) is 237 cm³/mol. The zero-order valence-corrected chi connectivity index (χ0v) is 31.0. The van der Waals surface area contributed by atoms with Crippen LogP contribution in [0.15, 0.2) is 217 Å². The summed E-state index contributed by atoms with van der Waals surface area (Å²) in [6, 6.07) is 75.2. The van der Waals surface area contributed by atoms with Gasteiger partial charge in [0.05, 0.1) is 16.7 Å². The lowest BCUT2D eigenvalue weighted by molar-refractivity contribution is 0.621. The van der Waals surface area contributed by atoms with E-state index in [1.165, 1.54) is 38.2 Å². The quantitative estimate of drug-likeness (QED) is 0.164. The van der Waals surface area contributed by atoms with Gasteiger partial charge in [0.25, 0.3) is 0 Å². The third-order valence-corrected chi connectivity index (χ3v) is 11.0. The number of oxazole rings is 1. The van der Waals surface area contributed by atoms with Crippen molar-refractivity contribution < 1.29 is 4.42 Å². The number of rotatable bonds is 7. The van der Waals surface area contributed by atoms with Gasteiger partial charge in [0.15, 0.2) is 5.58 Å². The summed E-state index contributed by atoms with van der Waals surface area (Å²) < 4.78 is 9.00. The molecule has 0 atom stereocenters. The van der Waals surface area contributed by atoms with Crippen LogP contribution in [0.1, 0.15) is 0 Å². The van der Waals surface area contributed by atoms with Crippen LogP contribution in [0.5, 0.6) is 0 Å². The number of hydrogen-bond donors (Lipinski definition) is 0. The molecule has 0 fully saturated rings. The average Bonchev–Trinajstić information content (AvgIpc) is 3.88. The van der Waals surface area contributed by atoms with Crippen molar-refractivity contribution in [2.45, 2.75) is 0 Å². The Morgan fingerprint density at radius 3 is 1.88 bits per heavy atom. The second kappa shape index (κ2) is 13.6. The molecule has 2 aromatic heterocycles. The lowest BCUT2D eigenvalue weighted by Crippen LogP contribution is -2.11. The van der Waals surface area contributed by atoms with E-state index >= 15 is 0 Å². The van der Waals surface area contributed by atoms with Gasteiger partial charge in [-0.05, 0) is 94.7 Å². The van der Waals surface area contributed by atoms with Gasteiger partial charge in [-0.25, -0.2) is 4.98 Å². The molecule has 0 radical (unpaired) electrons. The summed E-state index contributed by atoms with van der Waals surface area (Å²) in [5.74, 6) is 0.608. The first-order valence-corrected chi connectivity index (χ1v) is 19.3. The number of benzene rings is 9. The van der Waals surface area contributed by atoms with Crippen molar-refractivity contribution >= 4 is 60.7 Å². The van der Waals surface area contributed by atoms with Gasteiger partial charge in [0.2, 0.25) is 5.89 Å². The van der Waals surface area contributed by atoms with Crippen LogP contribution >= 0.6 is 0 Å². The highest BCUT2D eigenvalue weighted by Gasteiger charge is 2.23. The number of anilines is 3. The van der Waals surface area contributed by atoms with Crippen LogP contribution in [-0.4, -0.2) is 9.55 Å². The van der Waals surface area contributed by atoms with E-state index in [0.29, 0.717) is 5.89 Å². The summed E-state index contributed by atoms with van der Waals surface area (Å²) in [7, 11) is 0. The smallest absolute Gasteiger partial charge is 0.227 e. The molecule has 0 saturated heterocycles. The van der Waals surface area contributed by atoms with Crippen molar-refractivity contribution in [1.82, 2.24) is 9.55 Å². The molecular formula is C53H35N3O. The van der Waals surface area contributed by atoms with E-state index < -0.39 is 0 Å². The summed E-state index contributed by atoms with van der Waals surface area (Å²) in [6.45, 7) is 0. The fourth-order valence-corrected chi connectivity index (χ4v) is 8.40. The summed E-state index contributed by atoms with van der Waals surface area (Å²) >= 11 is 0. The SMILES string of the molecule is c1ccc(-c2ccc(N(c3ccc4c(c3)c3c5ccccc5ccc3n4-c3ccccc3)c3ccccc3-c3cccc4nc(-c5ccccc5)oc34)cc2)cc1. The highest BCUT2D eigenvalue weighted by molar-refractivity contribution is 6.22. The zero-order valence-electron chi connectivity index (χ0n) is 31.0. The maximum Gasteiger partial charge on any atom is 0.227 e. The molecular weight excluding hydrogens is 695 g/mol. The van der Waals surface area contributed by atoms with Gasteiger partial charge in [-0.3, -0.25) is 0 Å². The molecule has 0 unspecified atom stereocenters. The van der Waals surface area contributed by atoms with Crippen LogP contribution in [0.25, 0.3) is 83.1 Å². The van der Waals surface area contributed by atoms with E-state index in [4.69, 9.17) is 9.40 Å². The van der Waals surface area contributed by atoms with Crippen molar-refractivity contribution in [2.75, 3.05) is 4.90 Å². The number of aromatic nitrogens is 2. The first-order chi connectivity index (χ1) is 28.3. The van der Waals surface area contributed by atoms with Crippen molar-refractivity contribution in [3.8, 4) is 39.4 Å². The normalized spacial score (nSPS) is 11.5. The van der Waals surface area contributed by atoms with Crippen LogP contribution in [0, 0.1) is 0 Å². The molecule has 0 N–H and O–H groups in total. The predicted octanol–water partition coefficient (Wildman–Crippen LogP) is 14.5. The molecule has 0 amide bonds. The molecule has 268 valence electrons. The molecule has 0 aliphatic carbocycles. The summed E-state index contributed by atoms with van der Waals surface area (Å²) in [5, 5.41) is 4.88. The molecule has 9 aromatic carbocycles. The molecule has 0 spiro atoms. The Morgan fingerprint density at radius 2 is 1.07 bits per heavy atom. The van der Waals surface area contributed by atoms with Crippen molar-refractivity contribution in [3.05, 3.63) is 212 Å². The molecule has 11 rings (SSSR count). The number of fused-ring (bicyclic) bond motifs is 6. The van der Waals surface area contributed by atoms with E-state index in [1.807, 2.05) is 36.4 Å². The summed E-state index contributed by atoms with van der Waals surface area (Å²) in [5.41, 5.74) is 13.5. The first kappa shape index (κ1) is 32.7. The third kappa shape index (κ3) is 5.58. The molecule has 0 aliphatic rings. The van der Waals surface area contributed by atoms with E-state index in [0.717, 1.165) is 56.1 Å². The van der Waals surface area contributed by atoms with Crippen molar-refractivity contribution in [1.29, 1.82) is 0 Å². The highest BCUT2D eigenvalue weighted by atomic mass is 16.3. The second-order valence-electron chi connectivity index (χ2n) is 14.4. The van der Waals surface area contributed by atoms with Crippen LogP contribution in [0.3, 0.4) is 0 Å². The molecule has 2 heterocycles. The lowest BCUT2D eigenvalue weighted by Gasteiger charge is -2.28. The highest BCUT2D eigenvalue weighted by Crippen LogP contribution is 2.46. The molecule has 11 aromatic rings.